The van der Waals surface area contributed by atoms with Crippen LogP contribution in [-0.4, -0.2) is 0 Å². The maximum atomic E-state index is 2.61. The monoisotopic (exact) mass is 789 g/mol. The Morgan fingerprint density at radius 2 is 1.28 bits per heavy atom. The van der Waals surface area contributed by atoms with E-state index in [1.165, 1.54) is 87.7 Å². The fourth-order valence-corrected chi connectivity index (χ4v) is 11.4. The topological polar surface area (TPSA) is 3.24 Å². The van der Waals surface area contributed by atoms with Crippen LogP contribution in [0.5, 0.6) is 0 Å². The van der Waals surface area contributed by atoms with Crippen LogP contribution >= 0.6 is 11.3 Å². The molecule has 1 aromatic heterocycles. The predicted octanol–water partition coefficient (Wildman–Crippen LogP) is 15.9. The van der Waals surface area contributed by atoms with Crippen molar-refractivity contribution in [2.45, 2.75) is 49.9 Å². The fourth-order valence-electron chi connectivity index (χ4n) is 10.1. The van der Waals surface area contributed by atoms with Crippen molar-refractivity contribution in [1.82, 2.24) is 0 Å². The van der Waals surface area contributed by atoms with Crippen molar-refractivity contribution < 1.29 is 0 Å². The summed E-state index contributed by atoms with van der Waals surface area (Å²) in [7, 11) is 0. The zero-order chi connectivity index (χ0) is 39.8. The molecule has 0 aliphatic heterocycles. The van der Waals surface area contributed by atoms with Crippen LogP contribution in [-0.2, 0) is 6.42 Å². The van der Waals surface area contributed by atoms with Gasteiger partial charge in [-0.05, 0) is 113 Å². The highest BCUT2D eigenvalue weighted by Crippen LogP contribution is 2.49. The van der Waals surface area contributed by atoms with Gasteiger partial charge in [-0.3, -0.25) is 0 Å². The number of benzene rings is 6. The highest BCUT2D eigenvalue weighted by molar-refractivity contribution is 7.20. The quantitative estimate of drug-likeness (QED) is 0.148. The first-order valence-corrected chi connectivity index (χ1v) is 22.5. The maximum absolute atomic E-state index is 2.61. The van der Waals surface area contributed by atoms with Crippen molar-refractivity contribution >= 4 is 44.4 Å². The zero-order valence-electron chi connectivity index (χ0n) is 33.8. The first-order chi connectivity index (χ1) is 29.8. The SMILES string of the molecule is C1=CC(c2ccccc2)C(c2ccc(N(C3=CC(C4CC=Cc5ccc(-c6ccccc6)cc54)=CCC3)c3cccc4c5c(sc34)CCC=C5c3ccccc3)cc2)C=C1. The highest BCUT2D eigenvalue weighted by Gasteiger charge is 2.29. The second kappa shape index (κ2) is 15.9. The zero-order valence-corrected chi connectivity index (χ0v) is 34.6. The van der Waals surface area contributed by atoms with Gasteiger partial charge in [-0.1, -0.05) is 176 Å². The molecule has 7 aromatic rings. The Morgan fingerprint density at radius 1 is 0.583 bits per heavy atom. The van der Waals surface area contributed by atoms with Crippen LogP contribution in [0.4, 0.5) is 11.4 Å². The van der Waals surface area contributed by atoms with E-state index in [1.54, 1.807) is 0 Å². The fraction of sp³-hybridized carbons (Fsp3) is 0.138. The molecule has 0 fully saturated rings. The van der Waals surface area contributed by atoms with Gasteiger partial charge in [0.1, 0.15) is 0 Å². The van der Waals surface area contributed by atoms with Gasteiger partial charge in [0, 0.05) is 45.0 Å². The van der Waals surface area contributed by atoms with Gasteiger partial charge in [0.05, 0.1) is 10.4 Å². The molecule has 0 saturated heterocycles. The highest BCUT2D eigenvalue weighted by atomic mass is 32.1. The normalized spacial score (nSPS) is 19.3. The molecule has 1 heterocycles. The van der Waals surface area contributed by atoms with Gasteiger partial charge in [0.15, 0.2) is 0 Å². The average molecular weight is 790 g/mol. The molecular formula is C58H47NS. The van der Waals surface area contributed by atoms with Crippen LogP contribution in [0.15, 0.2) is 212 Å². The Balaban J connectivity index is 1.02. The molecule has 1 nitrogen and oxygen atoms in total. The first kappa shape index (κ1) is 36.6. The Bertz CT molecular complexity index is 2880. The first-order valence-electron chi connectivity index (χ1n) is 21.6. The van der Waals surface area contributed by atoms with E-state index < -0.39 is 0 Å². The Kier molecular flexibility index (Phi) is 9.72. The van der Waals surface area contributed by atoms with E-state index in [2.05, 4.69) is 211 Å². The van der Waals surface area contributed by atoms with E-state index in [0.717, 1.165) is 32.1 Å². The summed E-state index contributed by atoms with van der Waals surface area (Å²) in [4.78, 5) is 4.11. The summed E-state index contributed by atoms with van der Waals surface area (Å²) in [6.07, 6.45) is 26.5. The van der Waals surface area contributed by atoms with Gasteiger partial charge in [-0.15, -0.1) is 11.3 Å². The molecule has 11 rings (SSSR count). The van der Waals surface area contributed by atoms with Gasteiger partial charge in [-0.2, -0.15) is 0 Å². The number of rotatable bonds is 8. The summed E-state index contributed by atoms with van der Waals surface area (Å²) in [6, 6.07) is 56.4. The van der Waals surface area contributed by atoms with Crippen molar-refractivity contribution in [3.8, 4) is 11.1 Å². The average Bonchev–Trinajstić information content (AvgIpc) is 3.72. The van der Waals surface area contributed by atoms with Gasteiger partial charge in [0.2, 0.25) is 0 Å². The summed E-state index contributed by atoms with van der Waals surface area (Å²) in [5.74, 6) is 0.886. The Labute approximate surface area is 358 Å². The van der Waals surface area contributed by atoms with E-state index in [-0.39, 0.29) is 5.92 Å². The molecule has 6 aromatic carbocycles. The number of hydrogen-bond acceptors (Lipinski definition) is 2. The van der Waals surface area contributed by atoms with Crippen LogP contribution in [0.1, 0.15) is 81.7 Å². The molecule has 0 radical (unpaired) electrons. The van der Waals surface area contributed by atoms with Crippen LogP contribution in [0.25, 0.3) is 32.9 Å². The number of hydrogen-bond donors (Lipinski definition) is 0. The smallest absolute Gasteiger partial charge is 0.0637 e. The summed E-state index contributed by atoms with van der Waals surface area (Å²) < 4.78 is 1.37. The lowest BCUT2D eigenvalue weighted by atomic mass is 9.78. The minimum Gasteiger partial charge on any atom is -0.313 e. The van der Waals surface area contributed by atoms with Crippen molar-refractivity contribution in [3.63, 3.8) is 0 Å². The Morgan fingerprint density at radius 3 is 2.05 bits per heavy atom. The van der Waals surface area contributed by atoms with Crippen LogP contribution < -0.4 is 4.90 Å². The van der Waals surface area contributed by atoms with E-state index in [0.29, 0.717) is 11.8 Å². The summed E-state index contributed by atoms with van der Waals surface area (Å²) in [5, 5.41) is 1.36. The molecular weight excluding hydrogens is 743 g/mol. The summed E-state index contributed by atoms with van der Waals surface area (Å²) in [5.41, 5.74) is 17.4. The number of anilines is 2. The molecule has 290 valence electrons. The lowest BCUT2D eigenvalue weighted by molar-refractivity contribution is 0.730. The number of thiophene rings is 1. The second-order valence-corrected chi connectivity index (χ2v) is 17.6. The van der Waals surface area contributed by atoms with Gasteiger partial charge >= 0.3 is 0 Å². The lowest BCUT2D eigenvalue weighted by Gasteiger charge is -2.33. The third-order valence-corrected chi connectivity index (χ3v) is 14.3. The molecule has 0 N–H and O–H groups in total. The standard InChI is InChI=1S/C58H47NS/c1-4-16-40(17-5-1)45-33-32-43-22-13-27-51(54(43)39-45)46-23-12-24-48(38-46)59(47-36-34-44(35-37-47)50-26-11-10-25-49(50)41-18-6-2-7-19-41)55-30-14-29-53-57-52(42-20-8-3-9-21-42)28-15-31-56(57)60-58(53)55/h1-11,13-14,16-23,25-26,28-30,32-39,49-51H,12,15,24,27,31H2. The number of nitrogens with zero attached hydrogens (tertiary/aromatic N) is 1. The Hall–Kier alpha value is -6.48. The molecule has 0 bridgehead atoms. The third kappa shape index (κ3) is 6.76. The summed E-state index contributed by atoms with van der Waals surface area (Å²) >= 11 is 2.00. The maximum Gasteiger partial charge on any atom is 0.0637 e. The van der Waals surface area contributed by atoms with E-state index in [4.69, 9.17) is 0 Å². The minimum atomic E-state index is 0.277. The number of fused-ring (bicyclic) bond motifs is 4. The van der Waals surface area contributed by atoms with E-state index >= 15 is 0 Å². The summed E-state index contributed by atoms with van der Waals surface area (Å²) in [6.45, 7) is 0. The van der Waals surface area contributed by atoms with Gasteiger partial charge < -0.3 is 4.90 Å². The molecule has 4 aliphatic rings. The van der Waals surface area contributed by atoms with Crippen LogP contribution in [0.3, 0.4) is 0 Å². The molecule has 2 heteroatoms. The van der Waals surface area contributed by atoms with Crippen molar-refractivity contribution in [2.75, 3.05) is 4.90 Å². The predicted molar refractivity (Wildman–Crippen MR) is 256 cm³/mol. The lowest BCUT2D eigenvalue weighted by Crippen LogP contribution is -2.19. The molecule has 3 atom stereocenters. The molecule has 0 amide bonds. The minimum absolute atomic E-state index is 0.277. The van der Waals surface area contributed by atoms with Crippen molar-refractivity contribution in [1.29, 1.82) is 0 Å². The van der Waals surface area contributed by atoms with Gasteiger partial charge in [-0.25, -0.2) is 0 Å². The molecule has 0 spiro atoms. The number of aryl methyl sites for hydroxylation is 1. The molecule has 0 saturated carbocycles. The van der Waals surface area contributed by atoms with E-state index in [9.17, 15) is 0 Å². The van der Waals surface area contributed by atoms with Crippen molar-refractivity contribution in [3.05, 3.63) is 250 Å². The number of allylic oxidation sites excluding steroid dienone is 10. The van der Waals surface area contributed by atoms with Gasteiger partial charge in [0.25, 0.3) is 0 Å². The second-order valence-electron chi connectivity index (χ2n) is 16.5. The molecule has 4 aliphatic carbocycles. The van der Waals surface area contributed by atoms with Crippen LogP contribution in [0.2, 0.25) is 0 Å². The van der Waals surface area contributed by atoms with E-state index in [1.807, 2.05) is 11.3 Å². The molecule has 3 unspecified atom stereocenters. The largest absolute Gasteiger partial charge is 0.313 e. The molecule has 60 heavy (non-hydrogen) atoms. The third-order valence-electron chi connectivity index (χ3n) is 13.0. The van der Waals surface area contributed by atoms with Crippen molar-refractivity contribution in [2.24, 2.45) is 0 Å². The van der Waals surface area contributed by atoms with Crippen LogP contribution in [0, 0.1) is 0 Å².